The molecule has 1 saturated heterocycles. The summed E-state index contributed by atoms with van der Waals surface area (Å²) in [6.45, 7) is -1.98. The van der Waals surface area contributed by atoms with Crippen LogP contribution < -0.4 is 54.6 Å². The Bertz CT molecular complexity index is 1520. The molecule has 0 bridgehead atoms. The first kappa shape index (κ1) is 45.8. The van der Waals surface area contributed by atoms with Gasteiger partial charge in [-0.3, -0.25) is 54.9 Å². The number of carbonyl (C=O) groups excluding carboxylic acids is 9. The topological polar surface area (TPSA) is 377 Å². The van der Waals surface area contributed by atoms with Crippen molar-refractivity contribution in [3.05, 3.63) is 35.9 Å². The van der Waals surface area contributed by atoms with Gasteiger partial charge in [0, 0.05) is 25.8 Å². The number of aliphatic hydroxyl groups is 3. The van der Waals surface area contributed by atoms with Crippen LogP contribution in [0.1, 0.15) is 44.1 Å². The van der Waals surface area contributed by atoms with E-state index in [9.17, 15) is 58.5 Å². The SMILES string of the molecule is NN[C@@H](CC(N)=O)C(O)C(=O)[C@H](C=O)NC1CCCCNC(=O)CCC(C(N)=O)NC(=O)[C@H](Cc2ccccc2)NC(=O)C(CO)NC(=O)[C@H](CO)NC1=O. The molecule has 22 nitrogen and oxygen atoms in total. The number of benzene rings is 1. The summed E-state index contributed by atoms with van der Waals surface area (Å²) in [5.41, 5.74) is 13.3. The van der Waals surface area contributed by atoms with Crippen molar-refractivity contribution in [3.8, 4) is 0 Å². The van der Waals surface area contributed by atoms with E-state index in [2.05, 4.69) is 37.3 Å². The Morgan fingerprint density at radius 1 is 0.836 bits per heavy atom. The number of amides is 7. The van der Waals surface area contributed by atoms with E-state index in [1.165, 1.54) is 0 Å². The van der Waals surface area contributed by atoms with Gasteiger partial charge in [0.2, 0.25) is 41.4 Å². The second-order valence-electron chi connectivity index (χ2n) is 12.7. The molecule has 4 unspecified atom stereocenters. The number of primary amides is 2. The van der Waals surface area contributed by atoms with Crippen LogP contribution >= 0.6 is 0 Å². The number of hydrogen-bond donors (Lipinski definition) is 13. The smallest absolute Gasteiger partial charge is 0.245 e. The van der Waals surface area contributed by atoms with E-state index in [0.717, 1.165) is 0 Å². The van der Waals surface area contributed by atoms with Crippen LogP contribution in [0.25, 0.3) is 0 Å². The molecule has 1 aromatic carbocycles. The standard InChI is InChI=1S/C33H50N10O12/c34-25(47)13-20(43-36)27(49)28(50)22(14-44)38-19-8-4-5-11-37-26(48)10-9-18(29(35)51)39-31(53)21(12-17-6-2-1-3-7-17)40-32(54)23(15-45)42-33(55)24(16-46)41-30(19)52/h1-3,6-7,14,18-24,27,38,43,45-46,49H,4-5,8-13,15-16,36H2,(H2,34,47)(H2,35,51)(H,37,48)(H,39,53)(H,40,54)(H,41,52)(H,42,55)/t18?,19?,20-,21-,22-,23?,24-,27?/m0/s1. The molecule has 1 aliphatic rings. The van der Waals surface area contributed by atoms with Crippen molar-refractivity contribution in [2.24, 2.45) is 17.3 Å². The fourth-order valence-electron chi connectivity index (χ4n) is 5.44. The minimum Gasteiger partial charge on any atom is -0.394 e. The number of hydrazine groups is 1. The molecule has 0 aromatic heterocycles. The quantitative estimate of drug-likeness (QED) is 0.0361. The molecule has 1 aliphatic heterocycles. The van der Waals surface area contributed by atoms with Gasteiger partial charge in [0.25, 0.3) is 0 Å². The van der Waals surface area contributed by atoms with Crippen molar-refractivity contribution in [2.45, 2.75) is 93.3 Å². The van der Waals surface area contributed by atoms with Gasteiger partial charge in [-0.1, -0.05) is 30.3 Å². The molecular weight excluding hydrogens is 728 g/mol. The molecule has 0 saturated carbocycles. The van der Waals surface area contributed by atoms with Gasteiger partial charge in [0.15, 0.2) is 5.78 Å². The van der Waals surface area contributed by atoms with Gasteiger partial charge in [-0.05, 0) is 31.2 Å². The van der Waals surface area contributed by atoms with Gasteiger partial charge in [-0.2, -0.15) is 0 Å². The van der Waals surface area contributed by atoms with E-state index in [0.29, 0.717) is 5.56 Å². The van der Waals surface area contributed by atoms with Crippen LogP contribution in [0.2, 0.25) is 0 Å². The molecule has 304 valence electrons. The third-order valence-electron chi connectivity index (χ3n) is 8.56. The number of aliphatic hydroxyl groups excluding tert-OH is 3. The normalized spacial score (nSPS) is 24.2. The van der Waals surface area contributed by atoms with Crippen LogP contribution in [0.4, 0.5) is 0 Å². The predicted octanol–water partition coefficient (Wildman–Crippen LogP) is -7.12. The summed E-state index contributed by atoms with van der Waals surface area (Å²) in [6.07, 6.45) is -2.90. The molecule has 1 fully saturated rings. The number of rotatable bonds is 14. The van der Waals surface area contributed by atoms with Gasteiger partial charge >= 0.3 is 0 Å². The summed E-state index contributed by atoms with van der Waals surface area (Å²) < 4.78 is 0. The van der Waals surface area contributed by atoms with Crippen LogP contribution in [-0.4, -0.2) is 137 Å². The van der Waals surface area contributed by atoms with Crippen LogP contribution in [0.3, 0.4) is 0 Å². The molecule has 55 heavy (non-hydrogen) atoms. The van der Waals surface area contributed by atoms with Crippen molar-refractivity contribution < 1.29 is 58.5 Å². The lowest BCUT2D eigenvalue weighted by molar-refractivity contribution is -0.136. The highest BCUT2D eigenvalue weighted by molar-refractivity contribution is 6.01. The summed E-state index contributed by atoms with van der Waals surface area (Å²) in [5, 5.41) is 45.0. The zero-order valence-corrected chi connectivity index (χ0v) is 29.9. The van der Waals surface area contributed by atoms with Gasteiger partial charge < -0.3 is 58.2 Å². The molecule has 0 spiro atoms. The highest BCUT2D eigenvalue weighted by Gasteiger charge is 2.36. The lowest BCUT2D eigenvalue weighted by atomic mass is 9.98. The molecule has 0 aliphatic carbocycles. The molecule has 0 radical (unpaired) electrons. The molecule has 16 N–H and O–H groups in total. The number of nitrogens with one attached hydrogen (secondary N) is 7. The first-order valence-corrected chi connectivity index (χ1v) is 17.4. The highest BCUT2D eigenvalue weighted by atomic mass is 16.3. The Morgan fingerprint density at radius 2 is 1.42 bits per heavy atom. The highest BCUT2D eigenvalue weighted by Crippen LogP contribution is 2.09. The molecule has 7 amide bonds. The van der Waals surface area contributed by atoms with E-state index < -0.39 is 115 Å². The fraction of sp³-hybridized carbons (Fsp3) is 0.545. The maximum Gasteiger partial charge on any atom is 0.245 e. The van der Waals surface area contributed by atoms with E-state index >= 15 is 0 Å². The van der Waals surface area contributed by atoms with E-state index in [4.69, 9.17) is 17.3 Å². The Hall–Kier alpha value is -5.39. The van der Waals surface area contributed by atoms with Gasteiger partial charge in [-0.25, -0.2) is 0 Å². The minimum atomic E-state index is -2.04. The number of ketones is 1. The molecule has 1 heterocycles. The van der Waals surface area contributed by atoms with Crippen LogP contribution in [-0.2, 0) is 49.6 Å². The fourth-order valence-corrected chi connectivity index (χ4v) is 5.44. The second kappa shape index (κ2) is 23.4. The number of Topliss-reactive ketones (excluding diaryl/α,β-unsaturated/α-hetero) is 1. The van der Waals surface area contributed by atoms with Crippen molar-refractivity contribution in [2.75, 3.05) is 19.8 Å². The average molecular weight is 779 g/mol. The van der Waals surface area contributed by atoms with Crippen molar-refractivity contribution in [1.29, 1.82) is 0 Å². The Morgan fingerprint density at radius 3 is 1.96 bits per heavy atom. The Balaban J connectivity index is 2.42. The van der Waals surface area contributed by atoms with Crippen LogP contribution in [0.5, 0.6) is 0 Å². The van der Waals surface area contributed by atoms with Gasteiger partial charge in [0.05, 0.1) is 25.3 Å². The molecule has 1 aromatic rings. The molecule has 22 heteroatoms. The van der Waals surface area contributed by atoms with Gasteiger partial charge in [0.1, 0.15) is 42.6 Å². The summed E-state index contributed by atoms with van der Waals surface area (Å²) in [7, 11) is 0. The first-order chi connectivity index (χ1) is 26.1. The number of carbonyl (C=O) groups is 9. The summed E-state index contributed by atoms with van der Waals surface area (Å²) in [6, 6.07) is -2.53. The third kappa shape index (κ3) is 15.1. The predicted molar refractivity (Wildman–Crippen MR) is 190 cm³/mol. The van der Waals surface area contributed by atoms with Crippen molar-refractivity contribution in [3.63, 3.8) is 0 Å². The molecular formula is C33H50N10O12. The average Bonchev–Trinajstić information content (AvgIpc) is 3.16. The van der Waals surface area contributed by atoms with Gasteiger partial charge in [-0.15, -0.1) is 0 Å². The maximum absolute atomic E-state index is 13.5. The van der Waals surface area contributed by atoms with Crippen molar-refractivity contribution in [1.82, 2.24) is 37.3 Å². The third-order valence-corrected chi connectivity index (χ3v) is 8.56. The Labute approximate surface area is 315 Å². The number of hydrogen-bond acceptors (Lipinski definition) is 15. The maximum atomic E-state index is 13.5. The Kier molecular flexibility index (Phi) is 19.5. The largest absolute Gasteiger partial charge is 0.394 e. The van der Waals surface area contributed by atoms with Crippen molar-refractivity contribution >= 4 is 53.4 Å². The number of aldehydes is 1. The van der Waals surface area contributed by atoms with E-state index in [1.807, 2.05) is 0 Å². The van der Waals surface area contributed by atoms with E-state index in [-0.39, 0.29) is 51.4 Å². The first-order valence-electron chi connectivity index (χ1n) is 17.4. The number of nitrogens with two attached hydrogens (primary N) is 3. The summed E-state index contributed by atoms with van der Waals surface area (Å²) in [4.78, 5) is 115. The summed E-state index contributed by atoms with van der Waals surface area (Å²) in [5.74, 6) is -2.38. The van der Waals surface area contributed by atoms with E-state index in [1.54, 1.807) is 30.3 Å². The molecule has 8 atom stereocenters. The lowest BCUT2D eigenvalue weighted by Crippen LogP contribution is -2.61. The monoisotopic (exact) mass is 778 g/mol. The van der Waals surface area contributed by atoms with Crippen LogP contribution in [0, 0.1) is 0 Å². The zero-order valence-electron chi connectivity index (χ0n) is 29.9. The lowest BCUT2D eigenvalue weighted by Gasteiger charge is -2.27. The minimum absolute atomic E-state index is 0.0574. The van der Waals surface area contributed by atoms with Crippen LogP contribution in [0.15, 0.2) is 30.3 Å². The summed E-state index contributed by atoms with van der Waals surface area (Å²) >= 11 is 0. The second-order valence-corrected chi connectivity index (χ2v) is 12.7. The molecule has 2 rings (SSSR count). The zero-order chi connectivity index (χ0) is 41.1.